The molecule has 0 aromatic carbocycles. The third kappa shape index (κ3) is 2.53. The van der Waals surface area contributed by atoms with E-state index in [-0.39, 0.29) is 0 Å². The highest BCUT2D eigenvalue weighted by Crippen LogP contribution is 1.96. The quantitative estimate of drug-likeness (QED) is 0.626. The largest absolute Gasteiger partial charge is 0.378 e. The van der Waals surface area contributed by atoms with Crippen LogP contribution in [0, 0.1) is 0 Å². The van der Waals surface area contributed by atoms with Crippen LogP contribution < -0.4 is 4.98 Å². The predicted molar refractivity (Wildman–Crippen MR) is 53.0 cm³/mol. The molecule has 0 saturated carbocycles. The van der Waals surface area contributed by atoms with Crippen LogP contribution in [0.4, 0.5) is 0 Å². The van der Waals surface area contributed by atoms with Crippen molar-refractivity contribution in [1.29, 1.82) is 0 Å². The van der Waals surface area contributed by atoms with Crippen LogP contribution in [-0.2, 0) is 4.74 Å². The van der Waals surface area contributed by atoms with E-state index in [2.05, 4.69) is 10.1 Å². The maximum absolute atomic E-state index is 5.23. The molecule has 4 heteroatoms. The van der Waals surface area contributed by atoms with Gasteiger partial charge in [-0.2, -0.15) is 5.10 Å². The number of hydrogen-bond donors (Lipinski definition) is 0. The molecule has 0 spiro atoms. The van der Waals surface area contributed by atoms with E-state index in [1.807, 2.05) is 35.6 Å². The molecular weight excluding hydrogens is 178 g/mol. The van der Waals surface area contributed by atoms with Gasteiger partial charge in [-0.3, -0.25) is 5.01 Å². The Morgan fingerprint density at radius 3 is 2.93 bits per heavy atom. The Morgan fingerprint density at radius 2 is 2.21 bits per heavy atom. The molecule has 1 N–H and O–H groups in total. The molecule has 0 amide bonds. The zero-order valence-electron chi connectivity index (χ0n) is 8.02. The summed E-state index contributed by atoms with van der Waals surface area (Å²) in [5.41, 5.74) is 1.01. The van der Waals surface area contributed by atoms with Crippen LogP contribution in [0.3, 0.4) is 0 Å². The lowest BCUT2D eigenvalue weighted by molar-refractivity contribution is -0.379. The minimum atomic E-state index is 0.774. The Bertz CT molecular complexity index is 293. The third-order valence-corrected chi connectivity index (χ3v) is 2.08. The van der Waals surface area contributed by atoms with E-state index >= 15 is 0 Å². The second-order valence-electron chi connectivity index (χ2n) is 3.13. The van der Waals surface area contributed by atoms with Crippen LogP contribution in [0.25, 0.3) is 0 Å². The molecule has 2 rings (SSSR count). The van der Waals surface area contributed by atoms with Gasteiger partial charge < -0.3 is 4.74 Å². The van der Waals surface area contributed by atoms with Crippen molar-refractivity contribution < 1.29 is 9.72 Å². The summed E-state index contributed by atoms with van der Waals surface area (Å²) in [5, 5.41) is 6.37. The summed E-state index contributed by atoms with van der Waals surface area (Å²) >= 11 is 0. The van der Waals surface area contributed by atoms with Crippen molar-refractivity contribution in [2.24, 2.45) is 5.10 Å². The lowest BCUT2D eigenvalue weighted by atomic mass is 10.4. The van der Waals surface area contributed by atoms with Gasteiger partial charge in [-0.05, 0) is 6.07 Å². The zero-order valence-corrected chi connectivity index (χ0v) is 8.02. The molecule has 1 fully saturated rings. The fraction of sp³-hybridized carbons (Fsp3) is 0.400. The Balaban J connectivity index is 1.93. The molecule has 0 aliphatic carbocycles. The molecule has 0 unspecified atom stereocenters. The molecule has 1 saturated heterocycles. The molecule has 0 atom stereocenters. The fourth-order valence-corrected chi connectivity index (χ4v) is 1.30. The number of aromatic nitrogens is 1. The second-order valence-corrected chi connectivity index (χ2v) is 3.13. The molecule has 0 bridgehead atoms. The highest BCUT2D eigenvalue weighted by molar-refractivity contribution is 5.74. The van der Waals surface area contributed by atoms with Gasteiger partial charge in [-0.25, -0.2) is 4.98 Å². The number of rotatable bonds is 2. The van der Waals surface area contributed by atoms with Crippen molar-refractivity contribution in [1.82, 2.24) is 5.01 Å². The first-order chi connectivity index (χ1) is 6.95. The van der Waals surface area contributed by atoms with Gasteiger partial charge in [-0.1, -0.05) is 0 Å². The van der Waals surface area contributed by atoms with Gasteiger partial charge in [0.15, 0.2) is 6.20 Å². The standard InChI is InChI=1S/C10H13N3O/c1-2-4-11-10(3-1)9-12-13-5-7-14-8-6-13/h1-4,9H,5-8H2/p+1/b12-9+. The molecular formula is C10H14N3O+. The fourth-order valence-electron chi connectivity index (χ4n) is 1.30. The normalized spacial score (nSPS) is 17.6. The number of hydrogen-bond acceptors (Lipinski definition) is 3. The van der Waals surface area contributed by atoms with E-state index in [1.165, 1.54) is 0 Å². The summed E-state index contributed by atoms with van der Waals surface area (Å²) in [6.07, 6.45) is 3.73. The van der Waals surface area contributed by atoms with Crippen LogP contribution in [-0.4, -0.2) is 37.5 Å². The molecule has 1 aromatic rings. The summed E-state index contributed by atoms with van der Waals surface area (Å²) in [7, 11) is 0. The van der Waals surface area contributed by atoms with Gasteiger partial charge in [0.1, 0.15) is 6.21 Å². The first-order valence-electron chi connectivity index (χ1n) is 4.78. The lowest BCUT2D eigenvalue weighted by Crippen LogP contribution is -2.32. The average Bonchev–Trinajstić information content (AvgIpc) is 2.29. The molecule has 4 nitrogen and oxygen atoms in total. The van der Waals surface area contributed by atoms with E-state index in [0.29, 0.717) is 0 Å². The Kier molecular flexibility index (Phi) is 3.08. The molecule has 1 aliphatic rings. The summed E-state index contributed by atoms with van der Waals surface area (Å²) < 4.78 is 5.23. The topological polar surface area (TPSA) is 39.0 Å². The van der Waals surface area contributed by atoms with Gasteiger partial charge in [0.25, 0.3) is 0 Å². The number of morpholine rings is 1. The third-order valence-electron chi connectivity index (χ3n) is 2.08. The Labute approximate surface area is 83.2 Å². The minimum Gasteiger partial charge on any atom is -0.378 e. The van der Waals surface area contributed by atoms with Crippen molar-refractivity contribution in [3.63, 3.8) is 0 Å². The molecule has 1 aromatic heterocycles. The summed E-state index contributed by atoms with van der Waals surface area (Å²) in [6, 6.07) is 5.92. The highest BCUT2D eigenvalue weighted by Gasteiger charge is 2.06. The van der Waals surface area contributed by atoms with Crippen LogP contribution in [0.15, 0.2) is 29.5 Å². The number of nitrogens with one attached hydrogen (secondary N) is 1. The molecule has 0 radical (unpaired) electrons. The molecule has 2 heterocycles. The number of nitrogens with zero attached hydrogens (tertiary/aromatic N) is 2. The van der Waals surface area contributed by atoms with Crippen molar-refractivity contribution in [2.75, 3.05) is 26.3 Å². The summed E-state index contributed by atoms with van der Waals surface area (Å²) in [5.74, 6) is 0. The average molecular weight is 192 g/mol. The maximum atomic E-state index is 5.23. The number of aromatic amines is 1. The van der Waals surface area contributed by atoms with Crippen LogP contribution in [0.2, 0.25) is 0 Å². The van der Waals surface area contributed by atoms with Gasteiger partial charge in [0, 0.05) is 12.1 Å². The van der Waals surface area contributed by atoms with Crippen molar-refractivity contribution in [3.05, 3.63) is 30.1 Å². The number of H-pyrrole nitrogens is 1. The van der Waals surface area contributed by atoms with E-state index in [4.69, 9.17) is 4.74 Å². The number of pyridine rings is 1. The van der Waals surface area contributed by atoms with E-state index in [1.54, 1.807) is 0 Å². The van der Waals surface area contributed by atoms with Gasteiger partial charge in [0.05, 0.1) is 26.3 Å². The number of hydrazone groups is 1. The smallest absolute Gasteiger partial charge is 0.223 e. The first-order valence-corrected chi connectivity index (χ1v) is 4.78. The highest BCUT2D eigenvalue weighted by atomic mass is 16.5. The van der Waals surface area contributed by atoms with Gasteiger partial charge in [-0.15, -0.1) is 0 Å². The molecule has 1 aliphatic heterocycles. The summed E-state index contributed by atoms with van der Waals surface area (Å²) in [4.78, 5) is 3.10. The molecule has 14 heavy (non-hydrogen) atoms. The van der Waals surface area contributed by atoms with Crippen LogP contribution in [0.1, 0.15) is 5.69 Å². The van der Waals surface area contributed by atoms with E-state index in [9.17, 15) is 0 Å². The van der Waals surface area contributed by atoms with Crippen LogP contribution >= 0.6 is 0 Å². The maximum Gasteiger partial charge on any atom is 0.223 e. The lowest BCUT2D eigenvalue weighted by Gasteiger charge is -2.23. The Morgan fingerprint density at radius 1 is 1.36 bits per heavy atom. The van der Waals surface area contributed by atoms with E-state index < -0.39 is 0 Å². The van der Waals surface area contributed by atoms with Crippen molar-refractivity contribution >= 4 is 6.21 Å². The van der Waals surface area contributed by atoms with Gasteiger partial charge in [0.2, 0.25) is 5.69 Å². The number of ether oxygens (including phenoxy) is 1. The molecule has 74 valence electrons. The zero-order chi connectivity index (χ0) is 9.64. The Hall–Kier alpha value is -1.42. The van der Waals surface area contributed by atoms with Crippen LogP contribution in [0.5, 0.6) is 0 Å². The first kappa shape index (κ1) is 9.15. The SMILES string of the molecule is C(=N\N1CCOCC1)/c1cccc[nH+]1. The van der Waals surface area contributed by atoms with Gasteiger partial charge >= 0.3 is 0 Å². The van der Waals surface area contributed by atoms with Crippen molar-refractivity contribution in [3.8, 4) is 0 Å². The van der Waals surface area contributed by atoms with Crippen molar-refractivity contribution in [2.45, 2.75) is 0 Å². The second kappa shape index (κ2) is 4.72. The monoisotopic (exact) mass is 192 g/mol. The predicted octanol–water partition coefficient (Wildman–Crippen LogP) is 0.167. The minimum absolute atomic E-state index is 0.774. The summed E-state index contributed by atoms with van der Waals surface area (Å²) in [6.45, 7) is 3.30. The van der Waals surface area contributed by atoms with E-state index in [0.717, 1.165) is 32.0 Å².